The van der Waals surface area contributed by atoms with Gasteiger partial charge in [0.25, 0.3) is 0 Å². The summed E-state index contributed by atoms with van der Waals surface area (Å²) in [5, 5.41) is 8.42. The number of aromatic nitrogens is 1. The van der Waals surface area contributed by atoms with E-state index in [0.717, 1.165) is 11.3 Å². The van der Waals surface area contributed by atoms with Crippen LogP contribution in [0.5, 0.6) is 0 Å². The summed E-state index contributed by atoms with van der Waals surface area (Å²) in [6.07, 6.45) is 4.84. The number of rotatable bonds is 5. The molecule has 18 heavy (non-hydrogen) atoms. The molecule has 0 aromatic carbocycles. The summed E-state index contributed by atoms with van der Waals surface area (Å²) in [4.78, 5) is 8.09. The topological polar surface area (TPSA) is 49.1 Å². The van der Waals surface area contributed by atoms with E-state index < -0.39 is 0 Å². The van der Waals surface area contributed by atoms with Gasteiger partial charge in [-0.1, -0.05) is 23.2 Å². The summed E-state index contributed by atoms with van der Waals surface area (Å²) in [6, 6.07) is 0. The molecule has 0 bridgehead atoms. The Morgan fingerprint density at radius 3 is 2.56 bits per heavy atom. The third kappa shape index (κ3) is 5.21. The van der Waals surface area contributed by atoms with Crippen LogP contribution in [0.3, 0.4) is 0 Å². The zero-order valence-corrected chi connectivity index (χ0v) is 12.4. The lowest BCUT2D eigenvalue weighted by molar-refractivity contribution is 1.27. The predicted octanol–water partition coefficient (Wildman–Crippen LogP) is 4.59. The van der Waals surface area contributed by atoms with Gasteiger partial charge in [-0.15, -0.1) is 11.8 Å². The molecule has 96 valence electrons. The lowest BCUT2D eigenvalue weighted by Gasteiger charge is -2.03. The number of hydrogen-bond donors (Lipinski definition) is 1. The van der Waals surface area contributed by atoms with E-state index in [2.05, 4.69) is 9.98 Å². The van der Waals surface area contributed by atoms with E-state index in [-0.39, 0.29) is 0 Å². The number of halogens is 2. The van der Waals surface area contributed by atoms with Gasteiger partial charge in [0, 0.05) is 35.1 Å². The number of aliphatic imine (C=N–C) groups is 1. The maximum Gasteiger partial charge on any atom is 0.0644 e. The predicted molar refractivity (Wildman–Crippen MR) is 81.2 cm³/mol. The quantitative estimate of drug-likeness (QED) is 0.638. The fourth-order valence-electron chi connectivity index (χ4n) is 1.17. The second-order valence-electron chi connectivity index (χ2n) is 3.60. The Bertz CT molecular complexity index is 478. The second-order valence-corrected chi connectivity index (χ2v) is 5.24. The molecule has 1 N–H and O–H groups in total. The Kier molecular flexibility index (Phi) is 6.39. The van der Waals surface area contributed by atoms with E-state index in [4.69, 9.17) is 28.6 Å². The molecule has 0 saturated heterocycles. The van der Waals surface area contributed by atoms with Crippen LogP contribution >= 0.6 is 35.0 Å². The second kappa shape index (κ2) is 7.56. The van der Waals surface area contributed by atoms with Crippen LogP contribution in [0.4, 0.5) is 0 Å². The van der Waals surface area contributed by atoms with Gasteiger partial charge >= 0.3 is 0 Å². The lowest BCUT2D eigenvalue weighted by Crippen LogP contribution is -1.87. The van der Waals surface area contributed by atoms with Crippen LogP contribution in [-0.2, 0) is 5.75 Å². The molecule has 0 aliphatic rings. The van der Waals surface area contributed by atoms with Crippen LogP contribution in [-0.4, -0.2) is 16.2 Å². The molecule has 0 atom stereocenters. The Balaban J connectivity index is 2.57. The van der Waals surface area contributed by atoms with Crippen molar-refractivity contribution in [3.63, 3.8) is 0 Å². The van der Waals surface area contributed by atoms with Crippen molar-refractivity contribution in [3.05, 3.63) is 39.8 Å². The first-order valence-corrected chi connectivity index (χ1v) is 6.96. The van der Waals surface area contributed by atoms with Crippen molar-refractivity contribution >= 4 is 46.2 Å². The van der Waals surface area contributed by atoms with Gasteiger partial charge in [-0.05, 0) is 19.9 Å². The molecular weight excluding hydrogens is 289 g/mol. The zero-order valence-electron chi connectivity index (χ0n) is 10.1. The molecule has 1 aromatic heterocycles. The summed E-state index contributed by atoms with van der Waals surface area (Å²) < 4.78 is 0. The van der Waals surface area contributed by atoms with Crippen molar-refractivity contribution in [3.8, 4) is 0 Å². The van der Waals surface area contributed by atoms with Gasteiger partial charge in [-0.2, -0.15) is 0 Å². The van der Waals surface area contributed by atoms with Gasteiger partial charge in [-0.25, -0.2) is 0 Å². The number of allylic oxidation sites excluding steroid dienone is 2. The summed E-state index contributed by atoms with van der Waals surface area (Å²) in [5.74, 6) is 0.639. The molecule has 0 aliphatic carbocycles. The highest BCUT2D eigenvalue weighted by atomic mass is 35.5. The lowest BCUT2D eigenvalue weighted by atomic mass is 10.3. The van der Waals surface area contributed by atoms with Gasteiger partial charge in [0.15, 0.2) is 0 Å². The van der Waals surface area contributed by atoms with E-state index in [1.54, 1.807) is 30.9 Å². The summed E-state index contributed by atoms with van der Waals surface area (Å²) in [5.41, 5.74) is 3.86. The Hall–Kier alpha value is -0.840. The van der Waals surface area contributed by atoms with Crippen molar-refractivity contribution in [2.45, 2.75) is 19.6 Å². The Labute approximate surface area is 121 Å². The van der Waals surface area contributed by atoms with Gasteiger partial charge in [0.05, 0.1) is 15.6 Å². The minimum absolute atomic E-state index is 0.481. The van der Waals surface area contributed by atoms with Crippen LogP contribution in [0.25, 0.3) is 0 Å². The SMILES string of the molecule is CC(=N)/C=C(C)\N=C\SCc1c(Cl)cncc1Cl. The van der Waals surface area contributed by atoms with Crippen molar-refractivity contribution in [2.75, 3.05) is 0 Å². The number of pyridine rings is 1. The van der Waals surface area contributed by atoms with Crippen LogP contribution in [0.1, 0.15) is 19.4 Å². The van der Waals surface area contributed by atoms with Crippen molar-refractivity contribution in [1.29, 1.82) is 5.41 Å². The highest BCUT2D eigenvalue weighted by molar-refractivity contribution is 8.11. The molecule has 1 heterocycles. The highest BCUT2D eigenvalue weighted by Crippen LogP contribution is 2.26. The minimum atomic E-state index is 0.481. The third-order valence-corrected chi connectivity index (χ3v) is 3.30. The first-order valence-electron chi connectivity index (χ1n) is 5.16. The van der Waals surface area contributed by atoms with Crippen LogP contribution < -0.4 is 0 Å². The molecule has 0 fully saturated rings. The molecule has 0 saturated carbocycles. The van der Waals surface area contributed by atoms with Crippen LogP contribution in [0, 0.1) is 5.41 Å². The Morgan fingerprint density at radius 1 is 1.39 bits per heavy atom. The average Bonchev–Trinajstić information content (AvgIpc) is 2.26. The molecule has 3 nitrogen and oxygen atoms in total. The molecule has 0 amide bonds. The van der Waals surface area contributed by atoms with E-state index >= 15 is 0 Å². The first kappa shape index (κ1) is 15.2. The third-order valence-electron chi connectivity index (χ3n) is 1.94. The summed E-state index contributed by atoms with van der Waals surface area (Å²) in [6.45, 7) is 3.56. The van der Waals surface area contributed by atoms with E-state index in [0.29, 0.717) is 21.5 Å². The molecule has 0 radical (unpaired) electrons. The maximum atomic E-state index is 7.30. The minimum Gasteiger partial charge on any atom is -0.306 e. The number of nitrogens with one attached hydrogen (secondary N) is 1. The largest absolute Gasteiger partial charge is 0.306 e. The molecular formula is C12H13Cl2N3S. The molecule has 6 heteroatoms. The molecule has 1 aromatic rings. The maximum absolute atomic E-state index is 7.30. The van der Waals surface area contributed by atoms with Gasteiger partial charge in [0.2, 0.25) is 0 Å². The zero-order chi connectivity index (χ0) is 13.5. The first-order chi connectivity index (χ1) is 8.50. The monoisotopic (exact) mass is 301 g/mol. The average molecular weight is 302 g/mol. The number of hydrogen-bond acceptors (Lipinski definition) is 4. The molecule has 0 aliphatic heterocycles. The summed E-state index contributed by atoms with van der Waals surface area (Å²) in [7, 11) is 0. The van der Waals surface area contributed by atoms with E-state index in [9.17, 15) is 0 Å². The van der Waals surface area contributed by atoms with Gasteiger partial charge < -0.3 is 5.41 Å². The number of thioether (sulfide) groups is 1. The molecule has 1 rings (SSSR count). The highest BCUT2D eigenvalue weighted by Gasteiger charge is 2.04. The van der Waals surface area contributed by atoms with Gasteiger partial charge in [-0.3, -0.25) is 9.98 Å². The molecule has 0 spiro atoms. The van der Waals surface area contributed by atoms with E-state index in [1.165, 1.54) is 11.8 Å². The normalized spacial score (nSPS) is 12.1. The summed E-state index contributed by atoms with van der Waals surface area (Å²) >= 11 is 13.5. The van der Waals surface area contributed by atoms with Crippen molar-refractivity contribution in [1.82, 2.24) is 4.98 Å². The smallest absolute Gasteiger partial charge is 0.0644 e. The fourth-order valence-corrected chi connectivity index (χ4v) is 2.62. The Morgan fingerprint density at radius 2 is 2.00 bits per heavy atom. The fraction of sp³-hybridized carbons (Fsp3) is 0.250. The van der Waals surface area contributed by atoms with Crippen LogP contribution in [0.2, 0.25) is 10.0 Å². The van der Waals surface area contributed by atoms with Crippen LogP contribution in [0.15, 0.2) is 29.2 Å². The van der Waals surface area contributed by atoms with E-state index in [1.807, 2.05) is 6.92 Å². The molecule has 0 unspecified atom stereocenters. The number of nitrogens with zero attached hydrogens (tertiary/aromatic N) is 2. The van der Waals surface area contributed by atoms with Crippen molar-refractivity contribution < 1.29 is 0 Å². The van der Waals surface area contributed by atoms with Gasteiger partial charge in [0.1, 0.15) is 0 Å². The standard InChI is InChI=1S/C12H13Cl2N3S/c1-8(15)3-9(2)17-7-18-6-10-11(13)4-16-5-12(10)14/h3-5,7,15H,6H2,1-2H3/b9-3-,15-8?,17-7+. The van der Waals surface area contributed by atoms with Crippen molar-refractivity contribution in [2.24, 2.45) is 4.99 Å².